The van der Waals surface area contributed by atoms with Gasteiger partial charge in [-0.25, -0.2) is 0 Å². The van der Waals surface area contributed by atoms with Crippen molar-refractivity contribution in [1.82, 2.24) is 10.6 Å². The number of halogens is 2. The highest BCUT2D eigenvalue weighted by Crippen LogP contribution is 2.26. The highest BCUT2D eigenvalue weighted by Gasteiger charge is 2.25. The van der Waals surface area contributed by atoms with E-state index < -0.39 is 0 Å². The lowest BCUT2D eigenvalue weighted by atomic mass is 10.00. The largest absolute Gasteiger partial charge is 0.354 e. The number of amides is 2. The van der Waals surface area contributed by atoms with Crippen LogP contribution >= 0.6 is 23.2 Å². The molecular weight excluding hydrogens is 287 g/mol. The lowest BCUT2D eigenvalue weighted by molar-refractivity contribution is -0.122. The van der Waals surface area contributed by atoms with Crippen LogP contribution < -0.4 is 10.6 Å². The van der Waals surface area contributed by atoms with E-state index in [0.29, 0.717) is 23.0 Å². The molecule has 0 spiro atoms. The summed E-state index contributed by atoms with van der Waals surface area (Å²) in [5.41, 5.74) is 0.796. The molecule has 1 aliphatic rings. The van der Waals surface area contributed by atoms with E-state index >= 15 is 0 Å². The molecule has 2 atom stereocenters. The van der Waals surface area contributed by atoms with Gasteiger partial charge in [-0.2, -0.15) is 0 Å². The molecule has 2 amide bonds. The van der Waals surface area contributed by atoms with Gasteiger partial charge < -0.3 is 10.6 Å². The Kier molecular flexibility index (Phi) is 4.32. The SMILES string of the molecule is CC(C(=O)NC1CNC(=O)C1)c1ccc(Cl)c(Cl)c1. The molecule has 0 aliphatic carbocycles. The standard InChI is InChI=1S/C13H14Cl2N2O2/c1-7(8-2-3-10(14)11(15)4-8)13(19)17-9-5-12(18)16-6-9/h2-4,7,9H,5-6H2,1H3,(H,16,18)(H,17,19). The van der Waals surface area contributed by atoms with Gasteiger partial charge in [-0.05, 0) is 24.6 Å². The zero-order valence-electron chi connectivity index (χ0n) is 10.4. The second-order valence-corrected chi connectivity index (χ2v) is 5.42. The molecule has 2 N–H and O–H groups in total. The van der Waals surface area contributed by atoms with E-state index in [1.54, 1.807) is 25.1 Å². The fourth-order valence-electron chi connectivity index (χ4n) is 1.97. The number of benzene rings is 1. The third-order valence-electron chi connectivity index (χ3n) is 3.16. The molecule has 1 heterocycles. The Morgan fingerprint density at radius 1 is 1.42 bits per heavy atom. The molecule has 1 fully saturated rings. The fourth-order valence-corrected chi connectivity index (χ4v) is 2.27. The van der Waals surface area contributed by atoms with Crippen molar-refractivity contribution in [2.45, 2.75) is 25.3 Å². The van der Waals surface area contributed by atoms with E-state index in [4.69, 9.17) is 23.2 Å². The van der Waals surface area contributed by atoms with Crippen molar-refractivity contribution in [2.75, 3.05) is 6.54 Å². The monoisotopic (exact) mass is 300 g/mol. The Labute approximate surface area is 121 Å². The van der Waals surface area contributed by atoms with Crippen molar-refractivity contribution in [3.8, 4) is 0 Å². The number of nitrogens with one attached hydrogen (secondary N) is 2. The third kappa shape index (κ3) is 3.39. The smallest absolute Gasteiger partial charge is 0.227 e. The Hall–Kier alpha value is -1.26. The summed E-state index contributed by atoms with van der Waals surface area (Å²) in [7, 11) is 0. The molecule has 6 heteroatoms. The van der Waals surface area contributed by atoms with Crippen LogP contribution in [-0.2, 0) is 9.59 Å². The minimum Gasteiger partial charge on any atom is -0.354 e. The molecule has 19 heavy (non-hydrogen) atoms. The van der Waals surface area contributed by atoms with Crippen molar-refractivity contribution in [3.05, 3.63) is 33.8 Å². The molecule has 1 saturated heterocycles. The average molecular weight is 301 g/mol. The van der Waals surface area contributed by atoms with E-state index in [1.807, 2.05) is 0 Å². The van der Waals surface area contributed by atoms with Crippen molar-refractivity contribution in [1.29, 1.82) is 0 Å². The first-order chi connectivity index (χ1) is 8.97. The molecule has 0 radical (unpaired) electrons. The topological polar surface area (TPSA) is 58.2 Å². The zero-order chi connectivity index (χ0) is 14.0. The molecule has 4 nitrogen and oxygen atoms in total. The van der Waals surface area contributed by atoms with Crippen LogP contribution in [0.5, 0.6) is 0 Å². The normalized spacial score (nSPS) is 19.9. The van der Waals surface area contributed by atoms with Crippen LogP contribution in [0.2, 0.25) is 10.0 Å². The van der Waals surface area contributed by atoms with Crippen LogP contribution in [0.4, 0.5) is 0 Å². The molecule has 2 unspecified atom stereocenters. The van der Waals surface area contributed by atoms with Crippen LogP contribution in [0, 0.1) is 0 Å². The molecule has 102 valence electrons. The number of hydrogen-bond acceptors (Lipinski definition) is 2. The van der Waals surface area contributed by atoms with E-state index in [0.717, 1.165) is 5.56 Å². The van der Waals surface area contributed by atoms with Crippen molar-refractivity contribution in [3.63, 3.8) is 0 Å². The van der Waals surface area contributed by atoms with E-state index in [9.17, 15) is 9.59 Å². The Morgan fingerprint density at radius 2 is 2.16 bits per heavy atom. The minimum atomic E-state index is -0.342. The van der Waals surface area contributed by atoms with Gasteiger partial charge in [0.15, 0.2) is 0 Å². The summed E-state index contributed by atoms with van der Waals surface area (Å²) >= 11 is 11.8. The molecule has 1 aromatic rings. The van der Waals surface area contributed by atoms with Gasteiger partial charge in [0.2, 0.25) is 11.8 Å². The number of hydrogen-bond donors (Lipinski definition) is 2. The van der Waals surface area contributed by atoms with Crippen LogP contribution in [-0.4, -0.2) is 24.4 Å². The predicted octanol–water partition coefficient (Wildman–Crippen LogP) is 2.10. The van der Waals surface area contributed by atoms with E-state index in [1.165, 1.54) is 0 Å². The summed E-state index contributed by atoms with van der Waals surface area (Å²) in [6.45, 7) is 2.28. The molecule has 1 aromatic carbocycles. The predicted molar refractivity (Wildman–Crippen MR) is 74.4 cm³/mol. The van der Waals surface area contributed by atoms with Gasteiger partial charge in [0, 0.05) is 13.0 Å². The first-order valence-electron chi connectivity index (χ1n) is 5.99. The van der Waals surface area contributed by atoms with Gasteiger partial charge in [0.05, 0.1) is 22.0 Å². The van der Waals surface area contributed by atoms with E-state index in [-0.39, 0.29) is 23.8 Å². The minimum absolute atomic E-state index is 0.0347. The maximum atomic E-state index is 12.1. The molecule has 0 bridgehead atoms. The quantitative estimate of drug-likeness (QED) is 0.898. The summed E-state index contributed by atoms with van der Waals surface area (Å²) in [6, 6.07) is 5.00. The highest BCUT2D eigenvalue weighted by molar-refractivity contribution is 6.42. The summed E-state index contributed by atoms with van der Waals surface area (Å²) in [5.74, 6) is -0.502. The van der Waals surface area contributed by atoms with Crippen LogP contribution in [0.15, 0.2) is 18.2 Å². The third-order valence-corrected chi connectivity index (χ3v) is 3.90. The summed E-state index contributed by atoms with van der Waals surface area (Å²) in [4.78, 5) is 23.1. The summed E-state index contributed by atoms with van der Waals surface area (Å²) < 4.78 is 0. The number of carbonyl (C=O) groups is 2. The van der Waals surface area contributed by atoms with Crippen molar-refractivity contribution < 1.29 is 9.59 Å². The average Bonchev–Trinajstić information content (AvgIpc) is 2.77. The lowest BCUT2D eigenvalue weighted by Crippen LogP contribution is -2.38. The number of carbonyl (C=O) groups excluding carboxylic acids is 2. The van der Waals surface area contributed by atoms with E-state index in [2.05, 4.69) is 10.6 Å². The molecule has 0 saturated carbocycles. The second kappa shape index (κ2) is 5.80. The number of rotatable bonds is 3. The Balaban J connectivity index is 2.02. The first kappa shape index (κ1) is 14.2. The molecule has 0 aromatic heterocycles. The highest BCUT2D eigenvalue weighted by atomic mass is 35.5. The van der Waals surface area contributed by atoms with Crippen molar-refractivity contribution >= 4 is 35.0 Å². The molecule has 1 aliphatic heterocycles. The van der Waals surface area contributed by atoms with Crippen LogP contribution in [0.1, 0.15) is 24.8 Å². The maximum absolute atomic E-state index is 12.1. The summed E-state index contributed by atoms with van der Waals surface area (Å²) in [6.07, 6.45) is 0.333. The molecular formula is C13H14Cl2N2O2. The van der Waals surface area contributed by atoms with Crippen molar-refractivity contribution in [2.24, 2.45) is 0 Å². The summed E-state index contributed by atoms with van der Waals surface area (Å²) in [5, 5.41) is 6.41. The van der Waals surface area contributed by atoms with Gasteiger partial charge in [0.1, 0.15) is 0 Å². The Morgan fingerprint density at radius 3 is 2.74 bits per heavy atom. The fraction of sp³-hybridized carbons (Fsp3) is 0.385. The lowest BCUT2D eigenvalue weighted by Gasteiger charge is -2.16. The van der Waals surface area contributed by atoms with Gasteiger partial charge in [0.25, 0.3) is 0 Å². The maximum Gasteiger partial charge on any atom is 0.227 e. The van der Waals surface area contributed by atoms with Gasteiger partial charge >= 0.3 is 0 Å². The molecule has 2 rings (SSSR count). The van der Waals surface area contributed by atoms with Crippen LogP contribution in [0.3, 0.4) is 0 Å². The van der Waals surface area contributed by atoms with Crippen LogP contribution in [0.25, 0.3) is 0 Å². The Bertz CT molecular complexity index is 519. The zero-order valence-corrected chi connectivity index (χ0v) is 11.9. The van der Waals surface area contributed by atoms with Gasteiger partial charge in [-0.1, -0.05) is 29.3 Å². The second-order valence-electron chi connectivity index (χ2n) is 4.61. The first-order valence-corrected chi connectivity index (χ1v) is 6.75. The van der Waals surface area contributed by atoms with Gasteiger partial charge in [-0.3, -0.25) is 9.59 Å². The van der Waals surface area contributed by atoms with Gasteiger partial charge in [-0.15, -0.1) is 0 Å².